The van der Waals surface area contributed by atoms with Crippen molar-refractivity contribution in [1.29, 1.82) is 0 Å². The molecule has 0 saturated carbocycles. The van der Waals surface area contributed by atoms with Gasteiger partial charge >= 0.3 is 0 Å². The van der Waals surface area contributed by atoms with Crippen LogP contribution in [0.2, 0.25) is 0 Å². The first-order valence-electron chi connectivity index (χ1n) is 11.2. The van der Waals surface area contributed by atoms with Gasteiger partial charge in [-0.05, 0) is 67.8 Å². The van der Waals surface area contributed by atoms with Gasteiger partial charge in [0.2, 0.25) is 0 Å². The molecular weight excluding hydrogens is 414 g/mol. The van der Waals surface area contributed by atoms with E-state index in [4.69, 9.17) is 4.74 Å². The molecular formula is C29H29FOP+. The van der Waals surface area contributed by atoms with E-state index >= 15 is 0 Å². The van der Waals surface area contributed by atoms with Crippen molar-refractivity contribution in [3.05, 3.63) is 121 Å². The maximum absolute atomic E-state index is 13.3. The molecule has 0 aliphatic carbocycles. The van der Waals surface area contributed by atoms with E-state index in [9.17, 15) is 4.39 Å². The Morgan fingerprint density at radius 2 is 1.09 bits per heavy atom. The van der Waals surface area contributed by atoms with Crippen molar-refractivity contribution in [2.24, 2.45) is 0 Å². The predicted octanol–water partition coefficient (Wildman–Crippen LogP) is 6.37. The fourth-order valence-corrected chi connectivity index (χ4v) is 8.67. The van der Waals surface area contributed by atoms with E-state index in [0.717, 1.165) is 25.4 Å². The first-order valence-corrected chi connectivity index (χ1v) is 13.2. The van der Waals surface area contributed by atoms with Crippen molar-refractivity contribution in [2.75, 3.05) is 12.8 Å². The Hall–Kier alpha value is -2.96. The second kappa shape index (κ2) is 11.1. The Bertz CT molecular complexity index is 987. The summed E-state index contributed by atoms with van der Waals surface area (Å²) in [5, 5.41) is 4.27. The maximum atomic E-state index is 13.3. The number of halogens is 1. The summed E-state index contributed by atoms with van der Waals surface area (Å²) >= 11 is 0. The Morgan fingerprint density at radius 1 is 0.562 bits per heavy atom. The van der Waals surface area contributed by atoms with Crippen LogP contribution in [0, 0.1) is 5.82 Å². The number of unbranched alkanes of at least 4 members (excludes halogenated alkanes) is 2. The molecule has 4 aromatic carbocycles. The summed E-state index contributed by atoms with van der Waals surface area (Å²) in [5.74, 6) is 0.343. The Balaban J connectivity index is 1.52. The lowest BCUT2D eigenvalue weighted by atomic mass is 10.2. The number of ether oxygens (including phenoxy) is 1. The molecule has 0 amide bonds. The molecule has 3 heteroatoms. The van der Waals surface area contributed by atoms with Gasteiger partial charge in [-0.3, -0.25) is 0 Å². The van der Waals surface area contributed by atoms with Crippen molar-refractivity contribution in [2.45, 2.75) is 19.3 Å². The molecule has 4 rings (SSSR count). The minimum Gasteiger partial charge on any atom is -0.493 e. The van der Waals surface area contributed by atoms with Crippen molar-refractivity contribution in [1.82, 2.24) is 0 Å². The topological polar surface area (TPSA) is 9.23 Å². The number of hydrogen-bond acceptors (Lipinski definition) is 1. The molecule has 0 saturated heterocycles. The van der Waals surface area contributed by atoms with Crippen LogP contribution in [0.25, 0.3) is 0 Å². The first-order chi connectivity index (χ1) is 15.8. The van der Waals surface area contributed by atoms with Crippen molar-refractivity contribution >= 4 is 23.2 Å². The number of benzene rings is 4. The SMILES string of the molecule is Fc1cccc(OCCCCC[P+](c2ccccc2)(c2ccccc2)c2ccccc2)c1. The molecule has 4 aromatic rings. The fraction of sp³-hybridized carbons (Fsp3) is 0.172. The van der Waals surface area contributed by atoms with E-state index in [1.807, 2.05) is 0 Å². The van der Waals surface area contributed by atoms with Crippen LogP contribution in [0.15, 0.2) is 115 Å². The molecule has 32 heavy (non-hydrogen) atoms. The molecule has 0 radical (unpaired) electrons. The quantitative estimate of drug-likeness (QED) is 0.204. The van der Waals surface area contributed by atoms with Crippen LogP contribution in [0.1, 0.15) is 19.3 Å². The van der Waals surface area contributed by atoms with Crippen molar-refractivity contribution < 1.29 is 9.13 Å². The zero-order chi connectivity index (χ0) is 22.1. The predicted molar refractivity (Wildman–Crippen MR) is 136 cm³/mol. The van der Waals surface area contributed by atoms with Crippen molar-refractivity contribution in [3.63, 3.8) is 0 Å². The molecule has 0 N–H and O–H groups in total. The fourth-order valence-electron chi connectivity index (χ4n) is 4.26. The molecule has 0 aliphatic rings. The summed E-state index contributed by atoms with van der Waals surface area (Å²) in [4.78, 5) is 0. The molecule has 0 fully saturated rings. The standard InChI is InChI=1S/C29H29FOP/c30-25-14-13-15-26(24-25)31-22-11-4-12-23-32(27-16-5-1-6-17-27,28-18-7-2-8-19-28)29-20-9-3-10-21-29/h1-3,5-10,13-21,24H,4,11-12,22-23H2/q+1. The Labute approximate surface area is 191 Å². The van der Waals surface area contributed by atoms with E-state index in [1.54, 1.807) is 12.1 Å². The smallest absolute Gasteiger partial charge is 0.126 e. The highest BCUT2D eigenvalue weighted by molar-refractivity contribution is 7.95. The zero-order valence-corrected chi connectivity index (χ0v) is 19.1. The van der Waals surface area contributed by atoms with Crippen LogP contribution in [0.4, 0.5) is 4.39 Å². The van der Waals surface area contributed by atoms with Crippen molar-refractivity contribution in [3.8, 4) is 5.75 Å². The highest BCUT2D eigenvalue weighted by atomic mass is 31.2. The van der Waals surface area contributed by atoms with Gasteiger partial charge in [-0.2, -0.15) is 0 Å². The average molecular weight is 444 g/mol. The molecule has 1 nitrogen and oxygen atoms in total. The van der Waals surface area contributed by atoms with Gasteiger partial charge in [0.15, 0.2) is 0 Å². The zero-order valence-electron chi connectivity index (χ0n) is 18.2. The Morgan fingerprint density at radius 3 is 1.59 bits per heavy atom. The summed E-state index contributed by atoms with van der Waals surface area (Å²) in [7, 11) is -1.76. The highest BCUT2D eigenvalue weighted by Gasteiger charge is 2.44. The molecule has 162 valence electrons. The van der Waals surface area contributed by atoms with E-state index in [2.05, 4.69) is 91.0 Å². The van der Waals surface area contributed by atoms with Gasteiger partial charge in [0.1, 0.15) is 34.7 Å². The van der Waals surface area contributed by atoms with Crippen LogP contribution >= 0.6 is 7.26 Å². The highest BCUT2D eigenvalue weighted by Crippen LogP contribution is 2.55. The van der Waals surface area contributed by atoms with Gasteiger partial charge in [-0.1, -0.05) is 60.7 Å². The minimum absolute atomic E-state index is 0.259. The summed E-state index contributed by atoms with van der Waals surface area (Å²) in [6, 6.07) is 39.3. The van der Waals surface area contributed by atoms with E-state index in [0.29, 0.717) is 12.4 Å². The van der Waals surface area contributed by atoms with Gasteiger partial charge in [0, 0.05) is 6.07 Å². The van der Waals surface area contributed by atoms with E-state index < -0.39 is 7.26 Å². The third-order valence-electron chi connectivity index (χ3n) is 5.79. The minimum atomic E-state index is -1.76. The summed E-state index contributed by atoms with van der Waals surface area (Å²) in [6.07, 6.45) is 4.25. The third-order valence-corrected chi connectivity index (χ3v) is 10.3. The third kappa shape index (κ3) is 5.26. The average Bonchev–Trinajstić information content (AvgIpc) is 2.85. The molecule has 0 heterocycles. The number of rotatable bonds is 10. The molecule has 0 aromatic heterocycles. The van der Waals surface area contributed by atoms with Crippen LogP contribution in [-0.2, 0) is 0 Å². The van der Waals surface area contributed by atoms with Crippen LogP contribution in [0.5, 0.6) is 5.75 Å². The van der Waals surface area contributed by atoms with Gasteiger partial charge in [0.05, 0.1) is 12.8 Å². The lowest BCUT2D eigenvalue weighted by molar-refractivity contribution is 0.305. The van der Waals surface area contributed by atoms with E-state index in [-0.39, 0.29) is 5.82 Å². The molecule has 0 bridgehead atoms. The van der Waals surface area contributed by atoms with E-state index in [1.165, 1.54) is 28.0 Å². The molecule has 0 atom stereocenters. The maximum Gasteiger partial charge on any atom is 0.126 e. The Kier molecular flexibility index (Phi) is 7.69. The number of hydrogen-bond donors (Lipinski definition) is 0. The van der Waals surface area contributed by atoms with Gasteiger partial charge in [0.25, 0.3) is 0 Å². The molecule has 0 unspecified atom stereocenters. The van der Waals surface area contributed by atoms with Gasteiger partial charge < -0.3 is 4.74 Å². The van der Waals surface area contributed by atoms with Crippen LogP contribution < -0.4 is 20.7 Å². The molecule has 0 spiro atoms. The lowest BCUT2D eigenvalue weighted by Gasteiger charge is -2.27. The second-order valence-corrected chi connectivity index (χ2v) is 11.5. The van der Waals surface area contributed by atoms with Crippen LogP contribution in [0.3, 0.4) is 0 Å². The molecule has 0 aliphatic heterocycles. The summed E-state index contributed by atoms with van der Waals surface area (Å²) in [6.45, 7) is 0.608. The normalized spacial score (nSPS) is 11.3. The monoisotopic (exact) mass is 443 g/mol. The summed E-state index contributed by atoms with van der Waals surface area (Å²) in [5.41, 5.74) is 0. The first kappa shape index (κ1) is 22.2. The second-order valence-electron chi connectivity index (χ2n) is 7.91. The largest absolute Gasteiger partial charge is 0.493 e. The van der Waals surface area contributed by atoms with Crippen LogP contribution in [-0.4, -0.2) is 12.8 Å². The summed E-state index contributed by atoms with van der Waals surface area (Å²) < 4.78 is 19.1. The lowest BCUT2D eigenvalue weighted by Crippen LogP contribution is -2.33. The van der Waals surface area contributed by atoms with Gasteiger partial charge in [-0.15, -0.1) is 0 Å². The van der Waals surface area contributed by atoms with Gasteiger partial charge in [-0.25, -0.2) is 4.39 Å².